The van der Waals surface area contributed by atoms with Crippen molar-refractivity contribution in [1.29, 1.82) is 0 Å². The molecule has 2 aromatic carbocycles. The highest BCUT2D eigenvalue weighted by Crippen LogP contribution is 2.40. The van der Waals surface area contributed by atoms with Gasteiger partial charge < -0.3 is 53.6 Å². The minimum atomic E-state index is -1.65. The lowest BCUT2D eigenvalue weighted by Crippen LogP contribution is -2.60. The fraction of sp³-hybridized carbons (Fsp3) is 0.375. The van der Waals surface area contributed by atoms with Crippen LogP contribution in [0.3, 0.4) is 0 Å². The maximum Gasteiger partial charge on any atom is 0.239 e. The van der Waals surface area contributed by atoms with E-state index in [9.17, 15) is 30.3 Å². The number of aliphatic hydroxyl groups is 4. The summed E-state index contributed by atoms with van der Waals surface area (Å²) in [4.78, 5) is 13.1. The van der Waals surface area contributed by atoms with E-state index >= 15 is 0 Å². The van der Waals surface area contributed by atoms with Crippen LogP contribution in [0.5, 0.6) is 28.7 Å². The summed E-state index contributed by atoms with van der Waals surface area (Å²) in [6, 6.07) is 7.20. The van der Waals surface area contributed by atoms with Gasteiger partial charge in [0.1, 0.15) is 46.9 Å². The summed E-state index contributed by atoms with van der Waals surface area (Å²) >= 11 is 0. The maximum absolute atomic E-state index is 13.1. The first-order chi connectivity index (χ1) is 17.2. The lowest BCUT2D eigenvalue weighted by atomic mass is 9.99. The van der Waals surface area contributed by atoms with Gasteiger partial charge in [0, 0.05) is 17.7 Å². The lowest BCUT2D eigenvalue weighted by molar-refractivity contribution is -0.277. The van der Waals surface area contributed by atoms with Crippen LogP contribution in [0.4, 0.5) is 0 Å². The lowest BCUT2D eigenvalue weighted by Gasteiger charge is -2.39. The molecular weight excluding hydrogens is 480 g/mol. The number of aromatic hydroxyl groups is 1. The summed E-state index contributed by atoms with van der Waals surface area (Å²) < 4.78 is 32.8. The third-order valence-electron chi connectivity index (χ3n) is 5.86. The second kappa shape index (κ2) is 10.2. The average Bonchev–Trinajstić information content (AvgIpc) is 2.88. The predicted molar refractivity (Wildman–Crippen MR) is 124 cm³/mol. The molecule has 0 radical (unpaired) electrons. The predicted octanol–water partition coefficient (Wildman–Crippen LogP) is 0.370. The SMILES string of the molecule is COc1cc(O)c2c(=O)c(OC)c(-c3ccc(OC)c(OC4OC(CO)C(O)C(O)C4O)c3)oc2c1. The summed E-state index contributed by atoms with van der Waals surface area (Å²) in [6.45, 7) is -0.627. The Kier molecular flexibility index (Phi) is 7.24. The highest BCUT2D eigenvalue weighted by atomic mass is 16.7. The number of rotatable bonds is 7. The molecule has 3 aromatic rings. The fourth-order valence-corrected chi connectivity index (χ4v) is 3.95. The van der Waals surface area contributed by atoms with Crippen LogP contribution in [-0.2, 0) is 4.74 Å². The molecule has 1 aromatic heterocycles. The van der Waals surface area contributed by atoms with Crippen LogP contribution < -0.4 is 24.4 Å². The molecule has 5 atom stereocenters. The van der Waals surface area contributed by atoms with Crippen molar-refractivity contribution in [3.63, 3.8) is 0 Å². The van der Waals surface area contributed by atoms with Gasteiger partial charge in [0.25, 0.3) is 0 Å². The molecule has 1 saturated heterocycles. The topological polar surface area (TPSA) is 178 Å². The second-order valence-corrected chi connectivity index (χ2v) is 7.99. The van der Waals surface area contributed by atoms with Crippen LogP contribution in [0.1, 0.15) is 0 Å². The van der Waals surface area contributed by atoms with Gasteiger partial charge in [-0.3, -0.25) is 4.79 Å². The van der Waals surface area contributed by atoms with Crippen LogP contribution in [-0.4, -0.2) is 84.2 Å². The number of methoxy groups -OCH3 is 3. The van der Waals surface area contributed by atoms with Gasteiger partial charge >= 0.3 is 0 Å². The Balaban J connectivity index is 1.81. The minimum Gasteiger partial charge on any atom is -0.507 e. The molecule has 0 amide bonds. The number of phenolic OH excluding ortho intramolecular Hbond substituents is 1. The molecule has 12 nitrogen and oxygen atoms in total. The number of hydrogen-bond acceptors (Lipinski definition) is 12. The molecule has 5 unspecified atom stereocenters. The van der Waals surface area contributed by atoms with Gasteiger partial charge in [0.05, 0.1) is 27.9 Å². The van der Waals surface area contributed by atoms with Crippen molar-refractivity contribution in [2.45, 2.75) is 30.7 Å². The quantitative estimate of drug-likeness (QED) is 0.298. The van der Waals surface area contributed by atoms with Crippen molar-refractivity contribution in [2.24, 2.45) is 0 Å². The Bertz CT molecular complexity index is 1300. The zero-order valence-corrected chi connectivity index (χ0v) is 19.6. The van der Waals surface area contributed by atoms with Crippen LogP contribution >= 0.6 is 0 Å². The summed E-state index contributed by atoms with van der Waals surface area (Å²) in [6.07, 6.45) is -7.50. The Morgan fingerprint density at radius 2 is 1.67 bits per heavy atom. The van der Waals surface area contributed by atoms with E-state index in [1.807, 2.05) is 0 Å². The van der Waals surface area contributed by atoms with E-state index in [2.05, 4.69) is 0 Å². The molecule has 4 rings (SSSR count). The van der Waals surface area contributed by atoms with Crippen molar-refractivity contribution < 1.29 is 53.6 Å². The van der Waals surface area contributed by atoms with E-state index < -0.39 is 42.7 Å². The van der Waals surface area contributed by atoms with Crippen molar-refractivity contribution in [3.05, 3.63) is 40.6 Å². The highest BCUT2D eigenvalue weighted by molar-refractivity contribution is 5.88. The molecule has 0 bridgehead atoms. The normalized spacial score (nSPS) is 23.9. The Hall–Kier alpha value is -3.55. The smallest absolute Gasteiger partial charge is 0.239 e. The molecule has 1 aliphatic heterocycles. The molecule has 12 heteroatoms. The second-order valence-electron chi connectivity index (χ2n) is 7.99. The number of benzene rings is 2. The van der Waals surface area contributed by atoms with Crippen LogP contribution in [0.25, 0.3) is 22.3 Å². The number of phenols is 1. The molecule has 0 aliphatic carbocycles. The first kappa shape index (κ1) is 25.5. The van der Waals surface area contributed by atoms with E-state index in [0.717, 1.165) is 0 Å². The monoisotopic (exact) mass is 506 g/mol. The number of hydrogen-bond donors (Lipinski definition) is 5. The van der Waals surface area contributed by atoms with Gasteiger partial charge in [0.15, 0.2) is 17.3 Å². The van der Waals surface area contributed by atoms with Gasteiger partial charge in [-0.1, -0.05) is 0 Å². The van der Waals surface area contributed by atoms with Gasteiger partial charge in [-0.05, 0) is 18.2 Å². The van der Waals surface area contributed by atoms with Crippen LogP contribution in [0, 0.1) is 0 Å². The molecule has 5 N–H and O–H groups in total. The minimum absolute atomic E-state index is 0.00367. The molecule has 0 spiro atoms. The van der Waals surface area contributed by atoms with E-state index in [1.165, 1.54) is 45.6 Å². The number of ether oxygens (including phenoxy) is 5. The van der Waals surface area contributed by atoms with E-state index in [4.69, 9.17) is 28.1 Å². The fourth-order valence-electron chi connectivity index (χ4n) is 3.95. The molecule has 1 aliphatic rings. The summed E-state index contributed by atoms with van der Waals surface area (Å²) in [7, 11) is 4.05. The van der Waals surface area contributed by atoms with E-state index in [0.29, 0.717) is 5.56 Å². The zero-order valence-electron chi connectivity index (χ0n) is 19.6. The first-order valence-electron chi connectivity index (χ1n) is 10.8. The van der Waals surface area contributed by atoms with Gasteiger partial charge in [-0.2, -0.15) is 0 Å². The van der Waals surface area contributed by atoms with E-state index in [1.54, 1.807) is 6.07 Å². The molecule has 0 saturated carbocycles. The molecular formula is C24H26O12. The third kappa shape index (κ3) is 4.40. The molecule has 36 heavy (non-hydrogen) atoms. The van der Waals surface area contributed by atoms with E-state index in [-0.39, 0.29) is 45.5 Å². The molecule has 194 valence electrons. The Labute approximate surface area is 204 Å². The van der Waals surface area contributed by atoms with Gasteiger partial charge in [-0.15, -0.1) is 0 Å². The van der Waals surface area contributed by atoms with Crippen molar-refractivity contribution in [3.8, 4) is 40.1 Å². The summed E-state index contributed by atoms with van der Waals surface area (Å²) in [5.74, 6) is -0.0319. The average molecular weight is 506 g/mol. The highest BCUT2D eigenvalue weighted by Gasteiger charge is 2.45. The van der Waals surface area contributed by atoms with Crippen LogP contribution in [0.2, 0.25) is 0 Å². The van der Waals surface area contributed by atoms with Crippen molar-refractivity contribution in [1.82, 2.24) is 0 Å². The van der Waals surface area contributed by atoms with Crippen LogP contribution in [0.15, 0.2) is 39.5 Å². The Morgan fingerprint density at radius 3 is 2.31 bits per heavy atom. The largest absolute Gasteiger partial charge is 0.507 e. The summed E-state index contributed by atoms with van der Waals surface area (Å²) in [5.41, 5.74) is -0.283. The maximum atomic E-state index is 13.1. The molecule has 2 heterocycles. The van der Waals surface area contributed by atoms with Crippen molar-refractivity contribution in [2.75, 3.05) is 27.9 Å². The molecule has 1 fully saturated rings. The van der Waals surface area contributed by atoms with Crippen molar-refractivity contribution >= 4 is 11.0 Å². The standard InChI is InChI=1S/C24H26O12/c1-31-11-7-12(26)17-15(8-11)34-22(23(33-3)19(17)28)10-4-5-13(32-2)14(6-10)35-24-21(30)20(29)18(27)16(9-25)36-24/h4-8,16,18,20-21,24-27,29-30H,9H2,1-3H3. The first-order valence-corrected chi connectivity index (χ1v) is 10.8. The van der Waals surface area contributed by atoms with Gasteiger partial charge in [0.2, 0.25) is 17.5 Å². The van der Waals surface area contributed by atoms with Gasteiger partial charge in [-0.25, -0.2) is 0 Å². The summed E-state index contributed by atoms with van der Waals surface area (Å²) in [5, 5.41) is 50.1. The third-order valence-corrected chi connectivity index (χ3v) is 5.86. The zero-order chi connectivity index (χ0) is 26.1. The Morgan fingerprint density at radius 1 is 0.917 bits per heavy atom. The number of fused-ring (bicyclic) bond motifs is 1. The number of aliphatic hydroxyl groups excluding tert-OH is 4.